The maximum atomic E-state index is 12.6. The van der Waals surface area contributed by atoms with Crippen molar-refractivity contribution in [3.05, 3.63) is 16.1 Å². The monoisotopic (exact) mass is 352 g/mol. The van der Waals surface area contributed by atoms with Gasteiger partial charge in [0.05, 0.1) is 29.7 Å². The molecule has 0 bridgehead atoms. The molecule has 2 heterocycles. The van der Waals surface area contributed by atoms with Crippen molar-refractivity contribution in [2.75, 3.05) is 26.7 Å². The van der Waals surface area contributed by atoms with Gasteiger partial charge in [0, 0.05) is 32.1 Å². The molecule has 0 unspecified atom stereocenters. The molecule has 1 saturated heterocycles. The van der Waals surface area contributed by atoms with Gasteiger partial charge in [-0.15, -0.1) is 11.3 Å². The molecule has 0 aliphatic carbocycles. The van der Waals surface area contributed by atoms with Crippen molar-refractivity contribution >= 4 is 23.2 Å². The van der Waals surface area contributed by atoms with Gasteiger partial charge in [-0.3, -0.25) is 14.5 Å². The summed E-state index contributed by atoms with van der Waals surface area (Å²) in [6.07, 6.45) is 0.210. The zero-order valence-electron chi connectivity index (χ0n) is 15.3. The molecule has 2 amide bonds. The molecule has 0 radical (unpaired) electrons. The van der Waals surface area contributed by atoms with Crippen LogP contribution in [0.4, 0.5) is 0 Å². The van der Waals surface area contributed by atoms with Gasteiger partial charge in [-0.2, -0.15) is 0 Å². The third-order valence-corrected chi connectivity index (χ3v) is 4.80. The number of amides is 2. The van der Waals surface area contributed by atoms with E-state index in [1.54, 1.807) is 23.3 Å². The highest BCUT2D eigenvalue weighted by atomic mass is 32.1. The van der Waals surface area contributed by atoms with Crippen LogP contribution in [0, 0.1) is 12.3 Å². The number of hydrogen-bond donors (Lipinski definition) is 1. The number of hydrogen-bond acceptors (Lipinski definition) is 5. The molecule has 2 rings (SSSR count). The highest BCUT2D eigenvalue weighted by Crippen LogP contribution is 2.20. The Morgan fingerprint density at radius 1 is 1.50 bits per heavy atom. The van der Waals surface area contributed by atoms with Crippen LogP contribution in [-0.2, 0) is 16.1 Å². The topological polar surface area (TPSA) is 65.5 Å². The van der Waals surface area contributed by atoms with Crippen LogP contribution in [0.5, 0.6) is 0 Å². The SMILES string of the molecule is Cc1nc(CN(C)C(=O)C[C@@H]2C(=O)NCCN2CC(C)(C)C)cs1. The molecule has 24 heavy (non-hydrogen) atoms. The second-order valence-electron chi connectivity index (χ2n) is 7.65. The van der Waals surface area contributed by atoms with Crippen LogP contribution in [-0.4, -0.2) is 59.3 Å². The summed E-state index contributed by atoms with van der Waals surface area (Å²) in [5.41, 5.74) is 0.983. The highest BCUT2D eigenvalue weighted by molar-refractivity contribution is 7.09. The van der Waals surface area contributed by atoms with Gasteiger partial charge in [0.15, 0.2) is 0 Å². The molecule has 1 N–H and O–H groups in total. The Hall–Kier alpha value is -1.47. The Morgan fingerprint density at radius 3 is 2.79 bits per heavy atom. The molecule has 0 aromatic carbocycles. The Morgan fingerprint density at radius 2 is 2.21 bits per heavy atom. The molecule has 0 saturated carbocycles. The lowest BCUT2D eigenvalue weighted by Crippen LogP contribution is -2.58. The summed E-state index contributed by atoms with van der Waals surface area (Å²) in [5.74, 6) is -0.0710. The molecular formula is C17H28N4O2S. The van der Waals surface area contributed by atoms with E-state index in [1.807, 2.05) is 12.3 Å². The highest BCUT2D eigenvalue weighted by Gasteiger charge is 2.34. The smallest absolute Gasteiger partial charge is 0.237 e. The lowest BCUT2D eigenvalue weighted by atomic mass is 9.94. The van der Waals surface area contributed by atoms with E-state index in [2.05, 4.69) is 36.0 Å². The number of piperazine rings is 1. The fourth-order valence-corrected chi connectivity index (χ4v) is 3.52. The van der Waals surface area contributed by atoms with E-state index in [0.29, 0.717) is 13.1 Å². The summed E-state index contributed by atoms with van der Waals surface area (Å²) in [6, 6.07) is -0.384. The van der Waals surface area contributed by atoms with Gasteiger partial charge in [-0.1, -0.05) is 20.8 Å². The van der Waals surface area contributed by atoms with E-state index in [-0.39, 0.29) is 29.7 Å². The molecule has 6 nitrogen and oxygen atoms in total. The summed E-state index contributed by atoms with van der Waals surface area (Å²) in [7, 11) is 1.77. The average Bonchev–Trinajstić information content (AvgIpc) is 2.86. The first-order valence-electron chi connectivity index (χ1n) is 8.32. The first-order chi connectivity index (χ1) is 11.2. The molecule has 1 atom stereocenters. The summed E-state index contributed by atoms with van der Waals surface area (Å²) < 4.78 is 0. The Bertz CT molecular complexity index is 594. The summed E-state index contributed by atoms with van der Waals surface area (Å²) in [4.78, 5) is 33.0. The molecule has 1 aliphatic heterocycles. The minimum atomic E-state index is -0.384. The maximum Gasteiger partial charge on any atom is 0.237 e. The molecule has 0 spiro atoms. The number of nitrogens with zero attached hydrogens (tertiary/aromatic N) is 3. The number of aromatic nitrogens is 1. The van der Waals surface area contributed by atoms with Gasteiger partial charge < -0.3 is 10.2 Å². The van der Waals surface area contributed by atoms with E-state index in [1.165, 1.54) is 0 Å². The van der Waals surface area contributed by atoms with Gasteiger partial charge >= 0.3 is 0 Å². The third kappa shape index (κ3) is 5.27. The van der Waals surface area contributed by atoms with Crippen LogP contribution in [0.15, 0.2) is 5.38 Å². The molecular weight excluding hydrogens is 324 g/mol. The molecule has 134 valence electrons. The van der Waals surface area contributed by atoms with Crippen molar-refractivity contribution in [3.63, 3.8) is 0 Å². The zero-order valence-corrected chi connectivity index (χ0v) is 16.1. The number of thiazole rings is 1. The van der Waals surface area contributed by atoms with Crippen LogP contribution in [0.1, 0.15) is 37.9 Å². The fraction of sp³-hybridized carbons (Fsp3) is 0.706. The quantitative estimate of drug-likeness (QED) is 0.875. The van der Waals surface area contributed by atoms with Crippen molar-refractivity contribution in [1.82, 2.24) is 20.1 Å². The molecule has 7 heteroatoms. The second kappa shape index (κ2) is 7.61. The number of nitrogens with one attached hydrogen (secondary N) is 1. The Balaban J connectivity index is 1.99. The van der Waals surface area contributed by atoms with Crippen molar-refractivity contribution in [2.24, 2.45) is 5.41 Å². The minimum absolute atomic E-state index is 0.0263. The van der Waals surface area contributed by atoms with E-state index in [0.717, 1.165) is 23.8 Å². The Labute approximate surface area is 148 Å². The van der Waals surface area contributed by atoms with E-state index in [4.69, 9.17) is 0 Å². The lowest BCUT2D eigenvalue weighted by Gasteiger charge is -2.38. The van der Waals surface area contributed by atoms with Crippen molar-refractivity contribution in [2.45, 2.75) is 46.7 Å². The van der Waals surface area contributed by atoms with Crippen LogP contribution in [0.25, 0.3) is 0 Å². The van der Waals surface area contributed by atoms with Gasteiger partial charge in [-0.25, -0.2) is 4.98 Å². The summed E-state index contributed by atoms with van der Waals surface area (Å²) >= 11 is 1.58. The Kier molecular flexibility index (Phi) is 5.98. The first kappa shape index (κ1) is 18.9. The van der Waals surface area contributed by atoms with Crippen molar-refractivity contribution < 1.29 is 9.59 Å². The number of carbonyl (C=O) groups excluding carboxylic acids is 2. The van der Waals surface area contributed by atoms with E-state index in [9.17, 15) is 9.59 Å². The van der Waals surface area contributed by atoms with Crippen LogP contribution in [0.2, 0.25) is 0 Å². The predicted molar refractivity (Wildman–Crippen MR) is 95.8 cm³/mol. The average molecular weight is 353 g/mol. The van der Waals surface area contributed by atoms with Gasteiger partial charge in [0.2, 0.25) is 11.8 Å². The van der Waals surface area contributed by atoms with E-state index < -0.39 is 0 Å². The van der Waals surface area contributed by atoms with Crippen LogP contribution < -0.4 is 5.32 Å². The fourth-order valence-electron chi connectivity index (χ4n) is 2.92. The summed E-state index contributed by atoms with van der Waals surface area (Å²) in [6.45, 7) is 11.1. The van der Waals surface area contributed by atoms with Crippen molar-refractivity contribution in [3.8, 4) is 0 Å². The van der Waals surface area contributed by atoms with Crippen molar-refractivity contribution in [1.29, 1.82) is 0 Å². The first-order valence-corrected chi connectivity index (χ1v) is 9.20. The number of carbonyl (C=O) groups is 2. The molecule has 1 aromatic heterocycles. The molecule has 1 fully saturated rings. The van der Waals surface area contributed by atoms with Gasteiger partial charge in [0.25, 0.3) is 0 Å². The molecule has 1 aromatic rings. The summed E-state index contributed by atoms with van der Waals surface area (Å²) in [5, 5.41) is 5.85. The third-order valence-electron chi connectivity index (χ3n) is 3.98. The standard InChI is InChI=1S/C17H28N4O2S/c1-12-19-13(10-24-12)9-20(5)15(22)8-14-16(23)18-6-7-21(14)11-17(2,3)4/h10,14H,6-9,11H2,1-5H3,(H,18,23)/t14-/m1/s1. The van der Waals surface area contributed by atoms with Crippen LogP contribution in [0.3, 0.4) is 0 Å². The van der Waals surface area contributed by atoms with E-state index >= 15 is 0 Å². The lowest BCUT2D eigenvalue weighted by molar-refractivity contribution is -0.138. The van der Waals surface area contributed by atoms with Gasteiger partial charge in [-0.05, 0) is 12.3 Å². The van der Waals surface area contributed by atoms with Crippen LogP contribution >= 0.6 is 11.3 Å². The minimum Gasteiger partial charge on any atom is -0.353 e. The maximum absolute atomic E-state index is 12.6. The zero-order chi connectivity index (χ0) is 17.9. The largest absolute Gasteiger partial charge is 0.353 e. The second-order valence-corrected chi connectivity index (χ2v) is 8.71. The van der Waals surface area contributed by atoms with Gasteiger partial charge in [0.1, 0.15) is 0 Å². The normalized spacial score (nSPS) is 19.2. The number of rotatable bonds is 5. The molecule has 1 aliphatic rings. The number of aryl methyl sites for hydroxylation is 1. The predicted octanol–water partition coefficient (Wildman–Crippen LogP) is 1.65.